The van der Waals surface area contributed by atoms with Crippen molar-refractivity contribution in [3.63, 3.8) is 0 Å². The molecule has 1 aromatic heterocycles. The van der Waals surface area contributed by atoms with Gasteiger partial charge in [-0.3, -0.25) is 9.36 Å². The van der Waals surface area contributed by atoms with Crippen LogP contribution in [0.15, 0.2) is 48.8 Å². The van der Waals surface area contributed by atoms with E-state index in [1.54, 1.807) is 10.9 Å². The summed E-state index contributed by atoms with van der Waals surface area (Å²) in [5.41, 5.74) is 3.66. The number of ether oxygens (including phenoxy) is 2. The Kier molecular flexibility index (Phi) is 4.82. The van der Waals surface area contributed by atoms with Crippen molar-refractivity contribution in [3.8, 4) is 22.8 Å². The molecule has 0 unspecified atom stereocenters. The predicted molar refractivity (Wildman–Crippen MR) is 119 cm³/mol. The van der Waals surface area contributed by atoms with Gasteiger partial charge in [0, 0.05) is 24.0 Å². The zero-order chi connectivity index (χ0) is 21.6. The standard InChI is InChI=1S/C25H27N3O3/c1-16(2)30-20-9-8-18(14-17(20)3)24(29)28-15-27-23-22(28)19-6-4-5-7-21(19)31-25(23)10-12-26-13-11-25/h4-9,14-16,26H,10-13H2,1-3H3. The average Bonchev–Trinajstić information content (AvgIpc) is 3.22. The number of hydrogen-bond donors (Lipinski definition) is 1. The molecule has 3 aromatic rings. The molecule has 1 saturated heterocycles. The van der Waals surface area contributed by atoms with Gasteiger partial charge < -0.3 is 14.8 Å². The molecule has 0 aliphatic carbocycles. The number of piperidine rings is 1. The molecule has 0 radical (unpaired) electrons. The monoisotopic (exact) mass is 417 g/mol. The largest absolute Gasteiger partial charge is 0.491 e. The van der Waals surface area contributed by atoms with Gasteiger partial charge in [-0.05, 0) is 69.8 Å². The number of para-hydroxylation sites is 1. The Morgan fingerprint density at radius 2 is 1.97 bits per heavy atom. The van der Waals surface area contributed by atoms with Gasteiger partial charge in [-0.15, -0.1) is 0 Å². The summed E-state index contributed by atoms with van der Waals surface area (Å²) in [7, 11) is 0. The number of rotatable bonds is 3. The first-order valence-corrected chi connectivity index (χ1v) is 10.9. The first-order valence-electron chi connectivity index (χ1n) is 10.9. The lowest BCUT2D eigenvalue weighted by molar-refractivity contribution is 0.0268. The minimum atomic E-state index is -0.495. The van der Waals surface area contributed by atoms with Crippen molar-refractivity contribution < 1.29 is 14.3 Å². The number of imidazole rings is 1. The molecule has 2 aliphatic rings. The van der Waals surface area contributed by atoms with Crippen molar-refractivity contribution in [2.24, 2.45) is 0 Å². The number of nitrogens with one attached hydrogen (secondary N) is 1. The van der Waals surface area contributed by atoms with Crippen LogP contribution in [0, 0.1) is 6.92 Å². The van der Waals surface area contributed by atoms with E-state index in [-0.39, 0.29) is 12.0 Å². The number of carbonyl (C=O) groups excluding carboxylic acids is 1. The maximum atomic E-state index is 13.6. The van der Waals surface area contributed by atoms with Gasteiger partial charge in [0.05, 0.1) is 11.8 Å². The summed E-state index contributed by atoms with van der Waals surface area (Å²) in [5.74, 6) is 1.50. The first-order chi connectivity index (χ1) is 15.0. The Hall–Kier alpha value is -3.12. The Balaban J connectivity index is 1.60. The van der Waals surface area contributed by atoms with Crippen molar-refractivity contribution >= 4 is 5.91 Å². The summed E-state index contributed by atoms with van der Waals surface area (Å²) in [4.78, 5) is 18.3. The molecular weight excluding hydrogens is 390 g/mol. The van der Waals surface area contributed by atoms with E-state index in [4.69, 9.17) is 14.5 Å². The average molecular weight is 418 g/mol. The summed E-state index contributed by atoms with van der Waals surface area (Å²) >= 11 is 0. The van der Waals surface area contributed by atoms with E-state index in [1.165, 1.54) is 0 Å². The lowest BCUT2D eigenvalue weighted by atomic mass is 9.84. The highest BCUT2D eigenvalue weighted by atomic mass is 16.5. The fourth-order valence-corrected chi connectivity index (χ4v) is 4.58. The number of aryl methyl sites for hydroxylation is 1. The third kappa shape index (κ3) is 3.31. The highest BCUT2D eigenvalue weighted by Gasteiger charge is 2.45. The molecule has 1 spiro atoms. The van der Waals surface area contributed by atoms with E-state index in [0.717, 1.165) is 59.9 Å². The van der Waals surface area contributed by atoms with Crippen LogP contribution < -0.4 is 14.8 Å². The lowest BCUT2D eigenvalue weighted by Crippen LogP contribution is -2.46. The normalized spacial score (nSPS) is 16.5. The van der Waals surface area contributed by atoms with Crippen molar-refractivity contribution in [2.75, 3.05) is 13.1 Å². The number of aromatic nitrogens is 2. The van der Waals surface area contributed by atoms with Gasteiger partial charge in [-0.25, -0.2) is 4.98 Å². The summed E-state index contributed by atoms with van der Waals surface area (Å²) in [6, 6.07) is 13.5. The highest BCUT2D eigenvalue weighted by molar-refractivity contribution is 5.99. The summed E-state index contributed by atoms with van der Waals surface area (Å²) in [6.07, 6.45) is 3.37. The third-order valence-electron chi connectivity index (χ3n) is 6.06. The van der Waals surface area contributed by atoms with E-state index in [9.17, 15) is 4.79 Å². The van der Waals surface area contributed by atoms with E-state index in [2.05, 4.69) is 5.32 Å². The fourth-order valence-electron chi connectivity index (χ4n) is 4.58. The van der Waals surface area contributed by atoms with Gasteiger partial charge in [0.25, 0.3) is 5.91 Å². The maximum absolute atomic E-state index is 13.6. The number of carbonyl (C=O) groups is 1. The molecule has 1 N–H and O–H groups in total. The lowest BCUT2D eigenvalue weighted by Gasteiger charge is -2.40. The summed E-state index contributed by atoms with van der Waals surface area (Å²) in [5, 5.41) is 3.40. The molecule has 1 fully saturated rings. The smallest absolute Gasteiger partial charge is 0.263 e. The van der Waals surface area contributed by atoms with Crippen LogP contribution in [-0.4, -0.2) is 34.7 Å². The number of hydrogen-bond acceptors (Lipinski definition) is 5. The molecule has 160 valence electrons. The quantitative estimate of drug-likeness (QED) is 0.688. The number of fused-ring (bicyclic) bond motifs is 4. The second kappa shape index (κ2) is 7.54. The third-order valence-corrected chi connectivity index (χ3v) is 6.06. The van der Waals surface area contributed by atoms with E-state index in [1.807, 2.05) is 63.2 Å². The van der Waals surface area contributed by atoms with Gasteiger partial charge in [0.15, 0.2) is 5.60 Å². The summed E-state index contributed by atoms with van der Waals surface area (Å²) in [6.45, 7) is 7.67. The Morgan fingerprint density at radius 1 is 1.19 bits per heavy atom. The van der Waals surface area contributed by atoms with Gasteiger partial charge in [-0.2, -0.15) is 0 Å². The summed E-state index contributed by atoms with van der Waals surface area (Å²) < 4.78 is 14.0. The minimum Gasteiger partial charge on any atom is -0.491 e. The van der Waals surface area contributed by atoms with Gasteiger partial charge >= 0.3 is 0 Å². The van der Waals surface area contributed by atoms with Crippen LogP contribution in [0.5, 0.6) is 11.5 Å². The molecule has 2 aliphatic heterocycles. The first kappa shape index (κ1) is 19.8. The van der Waals surface area contributed by atoms with Crippen LogP contribution in [0.1, 0.15) is 48.3 Å². The molecule has 0 atom stereocenters. The number of nitrogens with zero attached hydrogens (tertiary/aromatic N) is 2. The van der Waals surface area contributed by atoms with Crippen LogP contribution >= 0.6 is 0 Å². The molecule has 2 aromatic carbocycles. The molecular formula is C25H27N3O3. The molecule has 0 saturated carbocycles. The molecule has 0 amide bonds. The van der Waals surface area contributed by atoms with Crippen molar-refractivity contribution in [1.29, 1.82) is 0 Å². The molecule has 3 heterocycles. The highest BCUT2D eigenvalue weighted by Crippen LogP contribution is 2.48. The second-order valence-electron chi connectivity index (χ2n) is 8.61. The van der Waals surface area contributed by atoms with E-state index < -0.39 is 5.60 Å². The molecule has 5 rings (SSSR count). The zero-order valence-electron chi connectivity index (χ0n) is 18.1. The Bertz CT molecular complexity index is 1140. The fraction of sp³-hybridized carbons (Fsp3) is 0.360. The van der Waals surface area contributed by atoms with Crippen LogP contribution in [0.2, 0.25) is 0 Å². The molecule has 6 nitrogen and oxygen atoms in total. The molecule has 0 bridgehead atoms. The molecule has 31 heavy (non-hydrogen) atoms. The zero-order valence-corrected chi connectivity index (χ0v) is 18.1. The van der Waals surface area contributed by atoms with Gasteiger partial charge in [0.2, 0.25) is 0 Å². The van der Waals surface area contributed by atoms with Crippen LogP contribution in [-0.2, 0) is 5.60 Å². The van der Waals surface area contributed by atoms with Crippen molar-refractivity contribution in [2.45, 2.75) is 45.3 Å². The Labute approximate surface area is 182 Å². The topological polar surface area (TPSA) is 65.4 Å². The minimum absolute atomic E-state index is 0.0820. The second-order valence-corrected chi connectivity index (χ2v) is 8.61. The van der Waals surface area contributed by atoms with Crippen LogP contribution in [0.25, 0.3) is 11.3 Å². The van der Waals surface area contributed by atoms with Gasteiger partial charge in [0.1, 0.15) is 23.5 Å². The van der Waals surface area contributed by atoms with Crippen molar-refractivity contribution in [3.05, 3.63) is 65.6 Å². The van der Waals surface area contributed by atoms with Crippen molar-refractivity contribution in [1.82, 2.24) is 14.9 Å². The maximum Gasteiger partial charge on any atom is 0.263 e. The predicted octanol–water partition coefficient (Wildman–Crippen LogP) is 4.31. The number of benzene rings is 2. The van der Waals surface area contributed by atoms with Crippen LogP contribution in [0.4, 0.5) is 0 Å². The van der Waals surface area contributed by atoms with Crippen LogP contribution in [0.3, 0.4) is 0 Å². The molecule has 6 heteroatoms. The SMILES string of the molecule is Cc1cc(C(=O)n2cnc3c2-c2ccccc2OC32CCNCC2)ccc1OC(C)C. The van der Waals surface area contributed by atoms with Gasteiger partial charge in [-0.1, -0.05) is 12.1 Å². The Morgan fingerprint density at radius 3 is 2.71 bits per heavy atom. The van der Waals surface area contributed by atoms with E-state index in [0.29, 0.717) is 5.56 Å². The van der Waals surface area contributed by atoms with E-state index >= 15 is 0 Å².